The summed E-state index contributed by atoms with van der Waals surface area (Å²) >= 11 is 0. The third-order valence-corrected chi connectivity index (χ3v) is 4.65. The Morgan fingerprint density at radius 3 is 2.55 bits per heavy atom. The molecule has 20 heavy (non-hydrogen) atoms. The quantitative estimate of drug-likeness (QED) is 0.677. The van der Waals surface area contributed by atoms with Crippen LogP contribution in [0, 0.1) is 29.4 Å². The van der Waals surface area contributed by atoms with Crippen LogP contribution < -0.4 is 5.73 Å². The number of rotatable bonds is 4. The highest BCUT2D eigenvalue weighted by molar-refractivity contribution is 5.47. The molecule has 0 radical (unpaired) electrons. The molecular weight excluding hydrogens is 254 g/mol. The normalized spacial score (nSPS) is 17.9. The van der Waals surface area contributed by atoms with Crippen LogP contribution in [0.1, 0.15) is 48.9 Å². The molecule has 0 saturated heterocycles. The van der Waals surface area contributed by atoms with Crippen molar-refractivity contribution in [1.82, 2.24) is 4.98 Å². The summed E-state index contributed by atoms with van der Waals surface area (Å²) in [7, 11) is 0. The second kappa shape index (κ2) is 5.87. The van der Waals surface area contributed by atoms with Crippen molar-refractivity contribution in [2.24, 2.45) is 11.1 Å². The van der Waals surface area contributed by atoms with Crippen LogP contribution in [0.5, 0.6) is 0 Å². The smallest absolute Gasteiger partial charge is 0.278 e. The lowest BCUT2D eigenvalue weighted by atomic mass is 9.71. The van der Waals surface area contributed by atoms with Gasteiger partial charge in [-0.3, -0.25) is 15.1 Å². The first-order chi connectivity index (χ1) is 9.49. The van der Waals surface area contributed by atoms with Gasteiger partial charge in [0.25, 0.3) is 5.69 Å². The highest BCUT2D eigenvalue weighted by Crippen LogP contribution is 2.39. The van der Waals surface area contributed by atoms with E-state index in [9.17, 15) is 10.1 Å². The van der Waals surface area contributed by atoms with Gasteiger partial charge >= 0.3 is 0 Å². The molecule has 5 nitrogen and oxygen atoms in total. The van der Waals surface area contributed by atoms with Gasteiger partial charge in [0.1, 0.15) is 0 Å². The van der Waals surface area contributed by atoms with Gasteiger partial charge < -0.3 is 5.73 Å². The molecule has 5 heteroatoms. The molecule has 0 amide bonds. The number of aryl methyl sites for hydroxylation is 1. The van der Waals surface area contributed by atoms with Crippen LogP contribution in [0.4, 0.5) is 5.69 Å². The Morgan fingerprint density at radius 2 is 2.00 bits per heavy atom. The van der Waals surface area contributed by atoms with Gasteiger partial charge in [0, 0.05) is 17.3 Å². The van der Waals surface area contributed by atoms with Crippen LogP contribution in [0.25, 0.3) is 0 Å². The van der Waals surface area contributed by atoms with Crippen LogP contribution in [-0.4, -0.2) is 16.5 Å². The molecule has 1 saturated carbocycles. The summed E-state index contributed by atoms with van der Waals surface area (Å²) in [6.45, 7) is 4.18. The zero-order chi connectivity index (χ0) is 14.8. The SMILES string of the molecule is Cc1cnc(CC2(CN)CCCCC2)c(C)c1[N+](=O)[O-]. The first kappa shape index (κ1) is 14.9. The average molecular weight is 277 g/mol. The van der Waals surface area contributed by atoms with Gasteiger partial charge in [0.2, 0.25) is 0 Å². The predicted octanol–water partition coefficient (Wildman–Crippen LogP) is 3.06. The monoisotopic (exact) mass is 277 g/mol. The van der Waals surface area contributed by atoms with E-state index >= 15 is 0 Å². The van der Waals surface area contributed by atoms with Gasteiger partial charge in [-0.05, 0) is 45.1 Å². The van der Waals surface area contributed by atoms with E-state index in [1.165, 1.54) is 19.3 Å². The van der Waals surface area contributed by atoms with E-state index < -0.39 is 0 Å². The second-order valence-corrected chi connectivity index (χ2v) is 6.06. The summed E-state index contributed by atoms with van der Waals surface area (Å²) in [6, 6.07) is 0. The number of hydrogen-bond acceptors (Lipinski definition) is 4. The fourth-order valence-electron chi connectivity index (χ4n) is 3.33. The van der Waals surface area contributed by atoms with E-state index in [0.717, 1.165) is 25.0 Å². The Kier molecular flexibility index (Phi) is 4.38. The Hall–Kier alpha value is -1.49. The lowest BCUT2D eigenvalue weighted by Gasteiger charge is -2.36. The van der Waals surface area contributed by atoms with Gasteiger partial charge in [-0.25, -0.2) is 0 Å². The summed E-state index contributed by atoms with van der Waals surface area (Å²) in [4.78, 5) is 15.3. The fourth-order valence-corrected chi connectivity index (χ4v) is 3.33. The van der Waals surface area contributed by atoms with E-state index in [1.807, 2.05) is 0 Å². The molecule has 0 spiro atoms. The number of hydrogen-bond donors (Lipinski definition) is 1. The number of aromatic nitrogens is 1. The van der Waals surface area contributed by atoms with Crippen LogP contribution in [0.15, 0.2) is 6.20 Å². The molecule has 2 N–H and O–H groups in total. The Balaban J connectivity index is 2.33. The Bertz CT molecular complexity index is 508. The zero-order valence-electron chi connectivity index (χ0n) is 12.3. The number of pyridine rings is 1. The third kappa shape index (κ3) is 2.82. The van der Waals surface area contributed by atoms with E-state index in [4.69, 9.17) is 5.73 Å². The summed E-state index contributed by atoms with van der Waals surface area (Å²) < 4.78 is 0. The molecule has 1 aliphatic carbocycles. The van der Waals surface area contributed by atoms with Gasteiger partial charge in [-0.15, -0.1) is 0 Å². The molecule has 110 valence electrons. The van der Waals surface area contributed by atoms with Crippen LogP contribution >= 0.6 is 0 Å². The van der Waals surface area contributed by atoms with Crippen molar-refractivity contribution in [3.63, 3.8) is 0 Å². The van der Waals surface area contributed by atoms with Crippen molar-refractivity contribution in [3.05, 3.63) is 33.1 Å². The van der Waals surface area contributed by atoms with Crippen molar-refractivity contribution in [2.45, 2.75) is 52.4 Å². The van der Waals surface area contributed by atoms with Crippen molar-refractivity contribution < 1.29 is 4.92 Å². The van der Waals surface area contributed by atoms with E-state index in [2.05, 4.69) is 4.98 Å². The predicted molar refractivity (Wildman–Crippen MR) is 78.6 cm³/mol. The number of nitro groups is 1. The molecule has 0 aliphatic heterocycles. The minimum Gasteiger partial charge on any atom is -0.330 e. The highest BCUT2D eigenvalue weighted by atomic mass is 16.6. The minimum atomic E-state index is -0.300. The first-order valence-electron chi connectivity index (χ1n) is 7.29. The summed E-state index contributed by atoms with van der Waals surface area (Å²) in [5, 5.41) is 11.2. The lowest BCUT2D eigenvalue weighted by molar-refractivity contribution is -0.386. The Labute approximate surface area is 119 Å². The van der Waals surface area contributed by atoms with E-state index in [1.54, 1.807) is 20.0 Å². The molecule has 0 aromatic carbocycles. The molecule has 1 aromatic rings. The zero-order valence-corrected chi connectivity index (χ0v) is 12.3. The van der Waals surface area contributed by atoms with E-state index in [-0.39, 0.29) is 16.0 Å². The van der Waals surface area contributed by atoms with Crippen LogP contribution in [-0.2, 0) is 6.42 Å². The molecule has 1 aromatic heterocycles. The largest absolute Gasteiger partial charge is 0.330 e. The highest BCUT2D eigenvalue weighted by Gasteiger charge is 2.33. The summed E-state index contributed by atoms with van der Waals surface area (Å²) in [5.74, 6) is 0. The van der Waals surface area contributed by atoms with Crippen molar-refractivity contribution in [3.8, 4) is 0 Å². The number of nitrogens with zero attached hydrogens (tertiary/aromatic N) is 2. The van der Waals surface area contributed by atoms with Crippen molar-refractivity contribution >= 4 is 5.69 Å². The fraction of sp³-hybridized carbons (Fsp3) is 0.667. The maximum absolute atomic E-state index is 11.2. The minimum absolute atomic E-state index is 0.0825. The lowest BCUT2D eigenvalue weighted by Crippen LogP contribution is -2.35. The third-order valence-electron chi connectivity index (χ3n) is 4.65. The van der Waals surface area contributed by atoms with Gasteiger partial charge in [0.05, 0.1) is 10.6 Å². The van der Waals surface area contributed by atoms with Crippen LogP contribution in [0.2, 0.25) is 0 Å². The molecule has 1 fully saturated rings. The average Bonchev–Trinajstić information content (AvgIpc) is 2.43. The molecular formula is C15H23N3O2. The van der Waals surface area contributed by atoms with Gasteiger partial charge in [-0.2, -0.15) is 0 Å². The van der Waals surface area contributed by atoms with Crippen LogP contribution in [0.3, 0.4) is 0 Å². The maximum atomic E-state index is 11.2. The molecule has 0 bridgehead atoms. The molecule has 2 rings (SSSR count). The summed E-state index contributed by atoms with van der Waals surface area (Å²) in [6.07, 6.45) is 8.25. The summed E-state index contributed by atoms with van der Waals surface area (Å²) in [5.41, 5.74) is 8.46. The van der Waals surface area contributed by atoms with Crippen molar-refractivity contribution in [1.29, 1.82) is 0 Å². The standard InChI is InChI=1S/C15H23N3O2/c1-11-9-17-13(12(2)14(11)18(19)20)8-15(10-16)6-4-3-5-7-15/h9H,3-8,10,16H2,1-2H3. The number of nitrogens with two attached hydrogens (primary N) is 1. The van der Waals surface area contributed by atoms with Crippen molar-refractivity contribution in [2.75, 3.05) is 6.54 Å². The van der Waals surface area contributed by atoms with Gasteiger partial charge in [-0.1, -0.05) is 19.3 Å². The molecule has 1 aliphatic rings. The van der Waals surface area contributed by atoms with E-state index in [0.29, 0.717) is 17.7 Å². The molecule has 0 atom stereocenters. The molecule has 1 heterocycles. The molecule has 0 unspecified atom stereocenters. The Morgan fingerprint density at radius 1 is 1.35 bits per heavy atom. The second-order valence-electron chi connectivity index (χ2n) is 6.06. The van der Waals surface area contributed by atoms with Gasteiger partial charge in [0.15, 0.2) is 0 Å². The first-order valence-corrected chi connectivity index (χ1v) is 7.29. The maximum Gasteiger partial charge on any atom is 0.278 e. The topological polar surface area (TPSA) is 82.0 Å².